The monoisotopic (exact) mass is 400 g/mol. The van der Waals surface area contributed by atoms with Crippen LogP contribution in [0.25, 0.3) is 0 Å². The summed E-state index contributed by atoms with van der Waals surface area (Å²) < 4.78 is 0. The van der Waals surface area contributed by atoms with Crippen molar-refractivity contribution in [3.63, 3.8) is 0 Å². The van der Waals surface area contributed by atoms with Crippen LogP contribution in [-0.2, 0) is 24.0 Å². The summed E-state index contributed by atoms with van der Waals surface area (Å²) in [6, 6.07) is -3.31. The zero-order valence-electron chi connectivity index (χ0n) is 17.1. The third-order valence-electron chi connectivity index (χ3n) is 3.78. The molecular weight excluding hydrogens is 368 g/mol. The molecule has 0 aromatic carbocycles. The van der Waals surface area contributed by atoms with Gasteiger partial charge in [-0.05, 0) is 24.7 Å². The molecule has 0 rings (SSSR count). The van der Waals surface area contributed by atoms with Crippen LogP contribution in [0.1, 0.15) is 53.9 Å². The molecule has 3 atom stereocenters. The van der Waals surface area contributed by atoms with Gasteiger partial charge in [0.1, 0.15) is 18.1 Å². The van der Waals surface area contributed by atoms with E-state index < -0.39 is 54.1 Å². The quantitative estimate of drug-likeness (QED) is 0.296. The molecule has 0 aliphatic rings. The number of hydrogen-bond donors (Lipinski definition) is 5. The van der Waals surface area contributed by atoms with Gasteiger partial charge in [-0.3, -0.25) is 24.0 Å². The third-order valence-corrected chi connectivity index (χ3v) is 3.78. The summed E-state index contributed by atoms with van der Waals surface area (Å²) in [5.74, 6) is -3.86. The largest absolute Gasteiger partial charge is 0.481 e. The Morgan fingerprint density at radius 1 is 0.786 bits per heavy atom. The molecule has 0 bridgehead atoms. The highest BCUT2D eigenvalue weighted by atomic mass is 16.4. The number of amides is 4. The van der Waals surface area contributed by atoms with Gasteiger partial charge in [0.25, 0.3) is 0 Å². The van der Waals surface area contributed by atoms with Crippen molar-refractivity contribution in [2.45, 2.75) is 72.0 Å². The number of aliphatic carboxylic acids is 1. The molecule has 0 heterocycles. The Hall–Kier alpha value is -2.65. The minimum atomic E-state index is -1.41. The maximum absolute atomic E-state index is 12.5. The Labute approximate surface area is 165 Å². The van der Waals surface area contributed by atoms with E-state index in [-0.39, 0.29) is 18.3 Å². The topological polar surface area (TPSA) is 168 Å². The molecule has 0 aliphatic carbocycles. The molecule has 4 amide bonds. The lowest BCUT2D eigenvalue weighted by atomic mass is 10.0. The summed E-state index contributed by atoms with van der Waals surface area (Å²) in [5.41, 5.74) is 5.29. The van der Waals surface area contributed by atoms with Crippen molar-refractivity contribution in [2.24, 2.45) is 17.6 Å². The van der Waals surface area contributed by atoms with Gasteiger partial charge in [-0.25, -0.2) is 0 Å². The van der Waals surface area contributed by atoms with Crippen molar-refractivity contribution in [3.8, 4) is 0 Å². The van der Waals surface area contributed by atoms with Gasteiger partial charge in [-0.15, -0.1) is 0 Å². The van der Waals surface area contributed by atoms with Gasteiger partial charge >= 0.3 is 5.97 Å². The van der Waals surface area contributed by atoms with E-state index in [2.05, 4.69) is 16.0 Å². The fourth-order valence-electron chi connectivity index (χ4n) is 2.59. The number of carboxylic acid groups (broad SMARTS) is 1. The van der Waals surface area contributed by atoms with E-state index in [0.717, 1.165) is 0 Å². The van der Waals surface area contributed by atoms with Crippen LogP contribution in [0.3, 0.4) is 0 Å². The molecule has 0 spiro atoms. The Bertz CT molecular complexity index is 591. The molecule has 3 unspecified atom stereocenters. The first-order valence-corrected chi connectivity index (χ1v) is 9.22. The SMILES string of the molecule is CC(=O)NC(CC(C)C)C(=O)NC(CC(=O)O)C(=O)NC(CC(C)C)C(N)=O. The van der Waals surface area contributed by atoms with Crippen LogP contribution in [0, 0.1) is 11.8 Å². The van der Waals surface area contributed by atoms with E-state index in [4.69, 9.17) is 10.8 Å². The second-order valence-corrected chi connectivity index (χ2v) is 7.63. The van der Waals surface area contributed by atoms with E-state index in [0.29, 0.717) is 6.42 Å². The number of hydrogen-bond acceptors (Lipinski definition) is 5. The highest BCUT2D eigenvalue weighted by molar-refractivity contribution is 5.95. The molecule has 0 aliphatic heterocycles. The summed E-state index contributed by atoms with van der Waals surface area (Å²) in [7, 11) is 0. The highest BCUT2D eigenvalue weighted by Crippen LogP contribution is 2.08. The second-order valence-electron chi connectivity index (χ2n) is 7.63. The highest BCUT2D eigenvalue weighted by Gasteiger charge is 2.30. The summed E-state index contributed by atoms with van der Waals surface area (Å²) in [6.45, 7) is 8.64. The Kier molecular flexibility index (Phi) is 10.8. The summed E-state index contributed by atoms with van der Waals surface area (Å²) >= 11 is 0. The lowest BCUT2D eigenvalue weighted by molar-refractivity contribution is -0.141. The van der Waals surface area contributed by atoms with Crippen LogP contribution in [-0.4, -0.2) is 52.8 Å². The zero-order valence-corrected chi connectivity index (χ0v) is 17.1. The van der Waals surface area contributed by atoms with Crippen LogP contribution in [0.5, 0.6) is 0 Å². The number of rotatable bonds is 12. The maximum atomic E-state index is 12.5. The number of nitrogens with one attached hydrogen (secondary N) is 3. The fourth-order valence-corrected chi connectivity index (χ4v) is 2.59. The lowest BCUT2D eigenvalue weighted by Gasteiger charge is -2.25. The molecule has 0 aromatic rings. The van der Waals surface area contributed by atoms with Crippen molar-refractivity contribution in [1.82, 2.24) is 16.0 Å². The summed E-state index contributed by atoms with van der Waals surface area (Å²) in [5, 5.41) is 16.3. The second kappa shape index (κ2) is 11.9. The number of carboxylic acids is 1. The zero-order chi connectivity index (χ0) is 22.0. The molecule has 6 N–H and O–H groups in total. The van der Waals surface area contributed by atoms with Gasteiger partial charge in [-0.1, -0.05) is 27.7 Å². The van der Waals surface area contributed by atoms with Gasteiger partial charge in [0, 0.05) is 6.92 Å². The van der Waals surface area contributed by atoms with Crippen LogP contribution in [0.15, 0.2) is 0 Å². The normalized spacial score (nSPS) is 14.1. The van der Waals surface area contributed by atoms with Crippen molar-refractivity contribution in [3.05, 3.63) is 0 Å². The van der Waals surface area contributed by atoms with Gasteiger partial charge in [0.15, 0.2) is 0 Å². The molecule has 160 valence electrons. The van der Waals surface area contributed by atoms with E-state index in [1.54, 1.807) is 0 Å². The number of nitrogens with two attached hydrogens (primary N) is 1. The van der Waals surface area contributed by atoms with Crippen molar-refractivity contribution in [1.29, 1.82) is 0 Å². The summed E-state index contributed by atoms with van der Waals surface area (Å²) in [6.07, 6.45) is -0.0973. The minimum absolute atomic E-state index is 0.0560. The maximum Gasteiger partial charge on any atom is 0.305 e. The van der Waals surface area contributed by atoms with E-state index in [1.165, 1.54) is 6.92 Å². The van der Waals surface area contributed by atoms with Gasteiger partial charge in [0.05, 0.1) is 6.42 Å². The molecule has 0 saturated carbocycles. The number of carbonyl (C=O) groups excluding carboxylic acids is 4. The van der Waals surface area contributed by atoms with E-state index >= 15 is 0 Å². The Morgan fingerprint density at radius 3 is 1.61 bits per heavy atom. The fraction of sp³-hybridized carbons (Fsp3) is 0.722. The molecule has 0 aromatic heterocycles. The number of carbonyl (C=O) groups is 5. The van der Waals surface area contributed by atoms with E-state index in [1.807, 2.05) is 27.7 Å². The van der Waals surface area contributed by atoms with Crippen LogP contribution >= 0.6 is 0 Å². The number of primary amides is 1. The predicted molar refractivity (Wildman–Crippen MR) is 102 cm³/mol. The van der Waals surface area contributed by atoms with Crippen LogP contribution in [0.2, 0.25) is 0 Å². The molecule has 0 radical (unpaired) electrons. The van der Waals surface area contributed by atoms with Gasteiger partial charge in [0.2, 0.25) is 23.6 Å². The molecular formula is C18H32N4O6. The van der Waals surface area contributed by atoms with Gasteiger partial charge < -0.3 is 26.8 Å². The lowest BCUT2D eigenvalue weighted by Crippen LogP contribution is -2.57. The Morgan fingerprint density at radius 2 is 1.21 bits per heavy atom. The molecule has 10 nitrogen and oxygen atoms in total. The molecule has 0 saturated heterocycles. The van der Waals surface area contributed by atoms with Crippen LogP contribution in [0.4, 0.5) is 0 Å². The molecule has 28 heavy (non-hydrogen) atoms. The van der Waals surface area contributed by atoms with Crippen molar-refractivity contribution >= 4 is 29.6 Å². The smallest absolute Gasteiger partial charge is 0.305 e. The van der Waals surface area contributed by atoms with Crippen LogP contribution < -0.4 is 21.7 Å². The average molecular weight is 400 g/mol. The standard InChI is InChI=1S/C18H32N4O6/c1-9(2)6-12(16(19)26)21-18(28)14(8-15(24)25)22-17(27)13(7-10(3)4)20-11(5)23/h9-10,12-14H,6-8H2,1-5H3,(H2,19,26)(H,20,23)(H,21,28)(H,22,27)(H,24,25). The molecule has 0 fully saturated rings. The first kappa shape index (κ1) is 25.4. The van der Waals surface area contributed by atoms with Gasteiger partial charge in [-0.2, -0.15) is 0 Å². The molecule has 10 heteroatoms. The van der Waals surface area contributed by atoms with Crippen molar-refractivity contribution < 1.29 is 29.1 Å². The van der Waals surface area contributed by atoms with E-state index in [9.17, 15) is 24.0 Å². The minimum Gasteiger partial charge on any atom is -0.481 e. The third kappa shape index (κ3) is 10.5. The first-order chi connectivity index (χ1) is 12.8. The Balaban J connectivity index is 5.34. The predicted octanol–water partition coefficient (Wildman–Crippen LogP) is -0.487. The first-order valence-electron chi connectivity index (χ1n) is 9.22. The average Bonchev–Trinajstić information content (AvgIpc) is 2.50. The summed E-state index contributed by atoms with van der Waals surface area (Å²) in [4.78, 5) is 59.0. The van der Waals surface area contributed by atoms with Crippen molar-refractivity contribution in [2.75, 3.05) is 0 Å².